The van der Waals surface area contributed by atoms with Gasteiger partial charge < -0.3 is 14.5 Å². The second-order valence-electron chi connectivity index (χ2n) is 7.29. The Bertz CT molecular complexity index is 836. The molecular weight excluding hydrogens is 440 g/mol. The lowest BCUT2D eigenvalue weighted by molar-refractivity contribution is -0.138. The van der Waals surface area contributed by atoms with Crippen molar-refractivity contribution in [3.63, 3.8) is 0 Å². The second kappa shape index (κ2) is 8.76. The van der Waals surface area contributed by atoms with Crippen molar-refractivity contribution >= 4 is 44.8 Å². The zero-order valence-corrected chi connectivity index (χ0v) is 18.0. The largest absolute Gasteiger partial charge is 0.376 e. The lowest BCUT2D eigenvalue weighted by atomic mass is 10.1. The molecule has 2 unspecified atom stereocenters. The van der Waals surface area contributed by atoms with Crippen molar-refractivity contribution in [3.05, 3.63) is 51.1 Å². The number of anilines is 1. The Morgan fingerprint density at radius 1 is 1.29 bits per heavy atom. The molecule has 1 aromatic carbocycles. The molecule has 2 aliphatic rings. The fourth-order valence-corrected chi connectivity index (χ4v) is 5.11. The van der Waals surface area contributed by atoms with Crippen LogP contribution in [0.2, 0.25) is 0 Å². The number of amides is 2. The van der Waals surface area contributed by atoms with E-state index in [2.05, 4.69) is 15.9 Å². The lowest BCUT2D eigenvalue weighted by Crippen LogP contribution is -2.41. The van der Waals surface area contributed by atoms with Crippen molar-refractivity contribution in [2.24, 2.45) is 5.92 Å². The summed E-state index contributed by atoms with van der Waals surface area (Å²) >= 11 is 5.16. The molecule has 3 heterocycles. The molecule has 0 radical (unpaired) electrons. The summed E-state index contributed by atoms with van der Waals surface area (Å²) in [6.07, 6.45) is 2.39. The standard InChI is InChI=1S/C21H23BrN2O3S/c22-18-7-1-2-8-19(18)24-12-15(11-20(24)25)21(26)23(13-16-5-3-9-27-16)14-17-6-4-10-28-17/h1-2,4,6-8,10,15-16H,3,5,9,11-14H2. The predicted octanol–water partition coefficient (Wildman–Crippen LogP) is 4.07. The summed E-state index contributed by atoms with van der Waals surface area (Å²) in [7, 11) is 0. The minimum atomic E-state index is -0.319. The molecule has 0 bridgehead atoms. The Labute approximate surface area is 177 Å². The van der Waals surface area contributed by atoms with E-state index in [0.717, 1.165) is 34.5 Å². The van der Waals surface area contributed by atoms with E-state index >= 15 is 0 Å². The number of nitrogens with zero attached hydrogens (tertiary/aromatic N) is 2. The van der Waals surface area contributed by atoms with Crippen molar-refractivity contribution in [2.75, 3.05) is 24.6 Å². The Morgan fingerprint density at radius 3 is 2.86 bits per heavy atom. The number of hydrogen-bond acceptors (Lipinski definition) is 4. The van der Waals surface area contributed by atoms with Crippen LogP contribution >= 0.6 is 27.3 Å². The highest BCUT2D eigenvalue weighted by atomic mass is 79.9. The Hall–Kier alpha value is -1.70. The first-order valence-electron chi connectivity index (χ1n) is 9.59. The van der Waals surface area contributed by atoms with Crippen LogP contribution in [0.25, 0.3) is 0 Å². The van der Waals surface area contributed by atoms with Crippen molar-refractivity contribution in [1.82, 2.24) is 4.90 Å². The van der Waals surface area contributed by atoms with Crippen molar-refractivity contribution in [1.29, 1.82) is 0 Å². The van der Waals surface area contributed by atoms with Crippen LogP contribution in [0, 0.1) is 5.92 Å². The summed E-state index contributed by atoms with van der Waals surface area (Å²) in [5.74, 6) is -0.272. The molecule has 0 N–H and O–H groups in total. The average Bonchev–Trinajstić information content (AvgIpc) is 3.44. The van der Waals surface area contributed by atoms with E-state index in [1.807, 2.05) is 46.7 Å². The minimum Gasteiger partial charge on any atom is -0.376 e. The third-order valence-electron chi connectivity index (χ3n) is 5.30. The fourth-order valence-electron chi connectivity index (χ4n) is 3.89. The molecule has 148 valence electrons. The monoisotopic (exact) mass is 462 g/mol. The second-order valence-corrected chi connectivity index (χ2v) is 9.18. The smallest absolute Gasteiger partial charge is 0.228 e. The Morgan fingerprint density at radius 2 is 2.14 bits per heavy atom. The molecule has 0 saturated carbocycles. The first kappa shape index (κ1) is 19.6. The van der Waals surface area contributed by atoms with Crippen LogP contribution in [0.5, 0.6) is 0 Å². The summed E-state index contributed by atoms with van der Waals surface area (Å²) in [6, 6.07) is 11.7. The molecule has 7 heteroatoms. The van der Waals surface area contributed by atoms with Crippen LogP contribution in [0.15, 0.2) is 46.3 Å². The van der Waals surface area contributed by atoms with Gasteiger partial charge in [-0.15, -0.1) is 11.3 Å². The van der Waals surface area contributed by atoms with Crippen LogP contribution in [-0.2, 0) is 20.9 Å². The zero-order valence-electron chi connectivity index (χ0n) is 15.6. The SMILES string of the molecule is O=C(C1CC(=O)N(c2ccccc2Br)C1)N(Cc1cccs1)CC1CCCO1. The normalized spacial score (nSPS) is 22.0. The summed E-state index contributed by atoms with van der Waals surface area (Å²) in [4.78, 5) is 30.8. The highest BCUT2D eigenvalue weighted by Gasteiger charge is 2.38. The van der Waals surface area contributed by atoms with Crippen molar-refractivity contribution in [2.45, 2.75) is 31.9 Å². The highest BCUT2D eigenvalue weighted by molar-refractivity contribution is 9.10. The molecule has 2 aromatic rings. The third kappa shape index (κ3) is 4.31. The maximum Gasteiger partial charge on any atom is 0.228 e. The zero-order chi connectivity index (χ0) is 19.5. The molecule has 2 fully saturated rings. The molecule has 28 heavy (non-hydrogen) atoms. The predicted molar refractivity (Wildman–Crippen MR) is 113 cm³/mol. The van der Waals surface area contributed by atoms with Crippen LogP contribution in [0.1, 0.15) is 24.1 Å². The number of benzene rings is 1. The third-order valence-corrected chi connectivity index (χ3v) is 6.84. The molecule has 2 amide bonds. The van der Waals surface area contributed by atoms with Gasteiger partial charge in [0.15, 0.2) is 0 Å². The van der Waals surface area contributed by atoms with Gasteiger partial charge in [0.05, 0.1) is 24.3 Å². The van der Waals surface area contributed by atoms with Crippen molar-refractivity contribution < 1.29 is 14.3 Å². The number of hydrogen-bond donors (Lipinski definition) is 0. The van der Waals surface area contributed by atoms with Gasteiger partial charge in [-0.2, -0.15) is 0 Å². The molecule has 2 aliphatic heterocycles. The summed E-state index contributed by atoms with van der Waals surface area (Å²) in [5.41, 5.74) is 0.826. The van der Waals surface area contributed by atoms with E-state index in [1.165, 1.54) is 0 Å². The maximum absolute atomic E-state index is 13.4. The lowest BCUT2D eigenvalue weighted by Gasteiger charge is -2.27. The number of thiophene rings is 1. The number of carbonyl (C=O) groups excluding carboxylic acids is 2. The first-order chi connectivity index (χ1) is 13.6. The van der Waals surface area contributed by atoms with Crippen molar-refractivity contribution in [3.8, 4) is 0 Å². The Kier molecular flexibility index (Phi) is 6.13. The van der Waals surface area contributed by atoms with E-state index in [0.29, 0.717) is 19.6 Å². The van der Waals surface area contributed by atoms with Gasteiger partial charge in [-0.1, -0.05) is 18.2 Å². The number of para-hydroxylation sites is 1. The maximum atomic E-state index is 13.4. The molecule has 0 spiro atoms. The molecule has 5 nitrogen and oxygen atoms in total. The fraction of sp³-hybridized carbons (Fsp3) is 0.429. The van der Waals surface area contributed by atoms with Gasteiger partial charge >= 0.3 is 0 Å². The molecule has 0 aliphatic carbocycles. The van der Waals surface area contributed by atoms with Gasteiger partial charge in [-0.25, -0.2) is 0 Å². The van der Waals surface area contributed by atoms with Crippen LogP contribution in [-0.4, -0.2) is 42.5 Å². The van der Waals surface area contributed by atoms with Gasteiger partial charge in [-0.05, 0) is 52.4 Å². The Balaban J connectivity index is 1.49. The number of ether oxygens (including phenoxy) is 1. The number of halogens is 1. The number of rotatable bonds is 6. The van der Waals surface area contributed by atoms with Crippen LogP contribution < -0.4 is 4.90 Å². The topological polar surface area (TPSA) is 49.9 Å². The first-order valence-corrected chi connectivity index (χ1v) is 11.3. The highest BCUT2D eigenvalue weighted by Crippen LogP contribution is 2.32. The molecule has 4 rings (SSSR count). The average molecular weight is 463 g/mol. The van der Waals surface area contributed by atoms with E-state index in [4.69, 9.17) is 4.74 Å². The van der Waals surface area contributed by atoms with E-state index in [-0.39, 0.29) is 30.3 Å². The summed E-state index contributed by atoms with van der Waals surface area (Å²) in [6.45, 7) is 2.36. The summed E-state index contributed by atoms with van der Waals surface area (Å²) < 4.78 is 6.64. The van der Waals surface area contributed by atoms with Gasteiger partial charge in [0.2, 0.25) is 11.8 Å². The van der Waals surface area contributed by atoms with Gasteiger partial charge in [0.1, 0.15) is 0 Å². The van der Waals surface area contributed by atoms with Crippen LogP contribution in [0.4, 0.5) is 5.69 Å². The van der Waals surface area contributed by atoms with E-state index in [1.54, 1.807) is 16.2 Å². The van der Waals surface area contributed by atoms with Gasteiger partial charge in [-0.3, -0.25) is 9.59 Å². The molecule has 2 atom stereocenters. The molecule has 2 saturated heterocycles. The molecular formula is C21H23BrN2O3S. The molecule has 1 aromatic heterocycles. The quantitative estimate of drug-likeness (QED) is 0.649. The van der Waals surface area contributed by atoms with Gasteiger partial charge in [0.25, 0.3) is 0 Å². The van der Waals surface area contributed by atoms with E-state index in [9.17, 15) is 9.59 Å². The number of carbonyl (C=O) groups is 2. The van der Waals surface area contributed by atoms with E-state index < -0.39 is 0 Å². The minimum absolute atomic E-state index is 0.00144. The van der Waals surface area contributed by atoms with Gasteiger partial charge in [0, 0.05) is 35.5 Å². The summed E-state index contributed by atoms with van der Waals surface area (Å²) in [5, 5.41) is 2.03. The van der Waals surface area contributed by atoms with Crippen LogP contribution in [0.3, 0.4) is 0 Å².